The van der Waals surface area contributed by atoms with E-state index in [0.29, 0.717) is 23.7 Å². The number of rotatable bonds is 14. The van der Waals surface area contributed by atoms with E-state index in [-0.39, 0.29) is 25.2 Å². The van der Waals surface area contributed by atoms with Gasteiger partial charge in [-0.1, -0.05) is 38.5 Å². The van der Waals surface area contributed by atoms with Crippen LogP contribution in [0.2, 0.25) is 0 Å². The third kappa shape index (κ3) is 10.4. The minimum atomic E-state index is -0.525. The monoisotopic (exact) mass is 475 g/mol. The second-order valence-electron chi connectivity index (χ2n) is 9.50. The summed E-state index contributed by atoms with van der Waals surface area (Å²) in [5.41, 5.74) is -0.00502. The van der Waals surface area contributed by atoms with Gasteiger partial charge >= 0.3 is 11.9 Å². The van der Waals surface area contributed by atoms with E-state index >= 15 is 0 Å². The fourth-order valence-electron chi connectivity index (χ4n) is 3.45. The molecule has 1 aromatic carbocycles. The Labute approximate surface area is 201 Å². The molecule has 8 nitrogen and oxygen atoms in total. The number of amides is 2. The molecular formula is C26H37NO7. The largest absolute Gasteiger partial charge is 0.494 e. The summed E-state index contributed by atoms with van der Waals surface area (Å²) in [7, 11) is 0. The fourth-order valence-corrected chi connectivity index (χ4v) is 3.45. The number of carbonyl (C=O) groups is 4. The van der Waals surface area contributed by atoms with Crippen molar-refractivity contribution in [2.24, 2.45) is 0 Å². The van der Waals surface area contributed by atoms with Crippen molar-refractivity contribution in [1.29, 1.82) is 0 Å². The van der Waals surface area contributed by atoms with E-state index in [2.05, 4.69) is 0 Å². The Morgan fingerprint density at radius 1 is 0.824 bits per heavy atom. The highest BCUT2D eigenvalue weighted by Crippen LogP contribution is 2.17. The van der Waals surface area contributed by atoms with Gasteiger partial charge in [0.15, 0.2) is 0 Å². The molecule has 1 heterocycles. The van der Waals surface area contributed by atoms with Crippen molar-refractivity contribution in [2.75, 3.05) is 6.61 Å². The van der Waals surface area contributed by atoms with Crippen LogP contribution in [0.1, 0.15) is 102 Å². The second kappa shape index (κ2) is 13.7. The lowest BCUT2D eigenvalue weighted by Gasteiger charge is -2.19. The molecule has 0 aromatic heterocycles. The molecule has 34 heavy (non-hydrogen) atoms. The zero-order valence-electron chi connectivity index (χ0n) is 20.6. The Morgan fingerprint density at radius 2 is 1.35 bits per heavy atom. The quantitative estimate of drug-likeness (QED) is 0.209. The summed E-state index contributed by atoms with van der Waals surface area (Å²) in [5, 5.41) is 0.602. The van der Waals surface area contributed by atoms with Crippen LogP contribution in [-0.2, 0) is 24.0 Å². The average Bonchev–Trinajstić information content (AvgIpc) is 3.08. The molecule has 1 aromatic rings. The van der Waals surface area contributed by atoms with Crippen LogP contribution in [0.15, 0.2) is 24.3 Å². The molecule has 0 spiro atoms. The number of esters is 1. The normalized spacial score (nSPS) is 13.8. The van der Waals surface area contributed by atoms with Crippen LogP contribution in [0, 0.1) is 0 Å². The van der Waals surface area contributed by atoms with Crippen molar-refractivity contribution in [3.8, 4) is 5.75 Å². The Balaban J connectivity index is 1.43. The highest BCUT2D eigenvalue weighted by Gasteiger charge is 2.32. The first-order valence-electron chi connectivity index (χ1n) is 12.2. The first kappa shape index (κ1) is 27.3. The van der Waals surface area contributed by atoms with Crippen molar-refractivity contribution in [3.63, 3.8) is 0 Å². The molecule has 0 aliphatic carbocycles. The van der Waals surface area contributed by atoms with E-state index in [1.165, 1.54) is 0 Å². The van der Waals surface area contributed by atoms with E-state index in [1.807, 2.05) is 20.8 Å². The molecular weight excluding hydrogens is 438 g/mol. The van der Waals surface area contributed by atoms with Gasteiger partial charge in [-0.25, -0.2) is 9.59 Å². The molecule has 188 valence electrons. The van der Waals surface area contributed by atoms with Gasteiger partial charge < -0.3 is 14.3 Å². The van der Waals surface area contributed by atoms with Gasteiger partial charge in [0.2, 0.25) is 0 Å². The molecule has 8 heteroatoms. The van der Waals surface area contributed by atoms with Gasteiger partial charge in [-0.3, -0.25) is 9.59 Å². The topological polar surface area (TPSA) is 99.2 Å². The maximum absolute atomic E-state index is 12.0. The smallest absolute Gasteiger partial charge is 0.338 e. The summed E-state index contributed by atoms with van der Waals surface area (Å²) in [6, 6.07) is 7.01. The molecule has 0 bridgehead atoms. The maximum Gasteiger partial charge on any atom is 0.338 e. The van der Waals surface area contributed by atoms with E-state index in [9.17, 15) is 19.2 Å². The van der Waals surface area contributed by atoms with E-state index in [0.717, 1.165) is 50.7 Å². The van der Waals surface area contributed by atoms with E-state index in [1.54, 1.807) is 24.3 Å². The molecule has 1 aliphatic rings. The van der Waals surface area contributed by atoms with Gasteiger partial charge in [-0.2, -0.15) is 0 Å². The maximum atomic E-state index is 12.0. The van der Waals surface area contributed by atoms with Crippen molar-refractivity contribution in [1.82, 2.24) is 5.06 Å². The molecule has 2 amide bonds. The third-order valence-corrected chi connectivity index (χ3v) is 5.23. The van der Waals surface area contributed by atoms with Crippen molar-refractivity contribution in [3.05, 3.63) is 29.8 Å². The van der Waals surface area contributed by atoms with Gasteiger partial charge in [0.05, 0.1) is 12.2 Å². The molecule has 0 unspecified atom stereocenters. The number of hydroxylamine groups is 2. The number of hydrogen-bond acceptors (Lipinski definition) is 7. The Hall–Kier alpha value is -2.90. The van der Waals surface area contributed by atoms with Gasteiger partial charge in [-0.15, -0.1) is 5.06 Å². The third-order valence-electron chi connectivity index (χ3n) is 5.23. The van der Waals surface area contributed by atoms with Gasteiger partial charge in [0.1, 0.15) is 11.4 Å². The molecule has 1 aliphatic heterocycles. The van der Waals surface area contributed by atoms with Crippen molar-refractivity contribution in [2.45, 2.75) is 97.0 Å². The summed E-state index contributed by atoms with van der Waals surface area (Å²) in [4.78, 5) is 51.4. The Kier molecular flexibility index (Phi) is 11.0. The van der Waals surface area contributed by atoms with Crippen LogP contribution < -0.4 is 4.74 Å². The highest BCUT2D eigenvalue weighted by molar-refractivity contribution is 6.01. The Bertz CT molecular complexity index is 811. The standard InChI is InChI=1S/C26H37NO7/c1-26(2,3)33-25(31)20-13-15-21(16-14-20)32-19-11-9-7-5-4-6-8-10-12-24(30)34-27-22(28)17-18-23(27)29/h13-16H,4-12,17-19H2,1-3H3. The van der Waals surface area contributed by atoms with Crippen molar-refractivity contribution >= 4 is 23.8 Å². The van der Waals surface area contributed by atoms with Crippen LogP contribution in [-0.4, -0.2) is 41.0 Å². The second-order valence-corrected chi connectivity index (χ2v) is 9.50. The summed E-state index contributed by atoms with van der Waals surface area (Å²) in [6.07, 6.45) is 8.49. The summed E-state index contributed by atoms with van der Waals surface area (Å²) < 4.78 is 11.1. The first-order valence-corrected chi connectivity index (χ1v) is 12.2. The van der Waals surface area contributed by atoms with Crippen LogP contribution >= 0.6 is 0 Å². The minimum absolute atomic E-state index is 0.112. The number of ether oxygens (including phenoxy) is 2. The number of carbonyl (C=O) groups excluding carboxylic acids is 4. The highest BCUT2D eigenvalue weighted by atomic mass is 16.7. The number of hydrogen-bond donors (Lipinski definition) is 0. The first-order chi connectivity index (χ1) is 16.2. The molecule has 2 rings (SSSR count). The van der Waals surface area contributed by atoms with E-state index < -0.39 is 23.4 Å². The lowest BCUT2D eigenvalue weighted by atomic mass is 10.1. The summed E-state index contributed by atoms with van der Waals surface area (Å²) >= 11 is 0. The minimum Gasteiger partial charge on any atom is -0.494 e. The predicted octanol–water partition coefficient (Wildman–Crippen LogP) is 5.14. The molecule has 1 saturated heterocycles. The summed E-state index contributed by atoms with van der Waals surface area (Å²) in [6.45, 7) is 6.16. The SMILES string of the molecule is CC(C)(C)OC(=O)c1ccc(OCCCCCCCCCCC(=O)ON2C(=O)CCC2=O)cc1. The van der Waals surface area contributed by atoms with Gasteiger partial charge in [-0.05, 0) is 57.9 Å². The van der Waals surface area contributed by atoms with Crippen molar-refractivity contribution < 1.29 is 33.5 Å². The summed E-state index contributed by atoms with van der Waals surface area (Å²) in [5.74, 6) is -1.01. The van der Waals surface area contributed by atoms with Gasteiger partial charge in [0, 0.05) is 19.3 Å². The zero-order chi connectivity index (χ0) is 25.0. The molecule has 0 atom stereocenters. The predicted molar refractivity (Wildman–Crippen MR) is 126 cm³/mol. The zero-order valence-corrected chi connectivity index (χ0v) is 20.6. The average molecular weight is 476 g/mol. The Morgan fingerprint density at radius 3 is 1.91 bits per heavy atom. The van der Waals surface area contributed by atoms with Gasteiger partial charge in [0.25, 0.3) is 11.8 Å². The molecule has 0 radical (unpaired) electrons. The van der Waals surface area contributed by atoms with Crippen LogP contribution in [0.3, 0.4) is 0 Å². The molecule has 0 N–H and O–H groups in total. The lowest BCUT2D eigenvalue weighted by molar-refractivity contribution is -0.197. The van der Waals surface area contributed by atoms with Crippen LogP contribution in [0.25, 0.3) is 0 Å². The van der Waals surface area contributed by atoms with Crippen LogP contribution in [0.5, 0.6) is 5.75 Å². The van der Waals surface area contributed by atoms with Crippen LogP contribution in [0.4, 0.5) is 0 Å². The molecule has 0 saturated carbocycles. The molecule has 1 fully saturated rings. The number of imide groups is 1. The van der Waals surface area contributed by atoms with E-state index in [4.69, 9.17) is 14.3 Å². The number of nitrogens with zero attached hydrogens (tertiary/aromatic N) is 1. The lowest BCUT2D eigenvalue weighted by Crippen LogP contribution is -2.31. The fraction of sp³-hybridized carbons (Fsp3) is 0.615. The number of unbranched alkanes of at least 4 members (excludes halogenated alkanes) is 7. The number of benzene rings is 1.